The molecule has 1 aromatic rings. The second kappa shape index (κ2) is 19.9. The number of Topliss-reactive ketones (excluding diaryl/α,β-unsaturated/α-hetero) is 1. The molecule has 0 heterocycles. The van der Waals surface area contributed by atoms with Crippen molar-refractivity contribution in [3.05, 3.63) is 29.8 Å². The van der Waals surface area contributed by atoms with Crippen LogP contribution in [0.2, 0.25) is 0 Å². The number of nitrogens with one attached hydrogen (secondary N) is 5. The number of benzene rings is 1. The summed E-state index contributed by atoms with van der Waals surface area (Å²) >= 11 is 0. The van der Waals surface area contributed by atoms with Gasteiger partial charge in [0.1, 0.15) is 24.5 Å². The molecule has 0 unspecified atom stereocenters. The standard InChI is InChI=1S/C30H48N6O7/c1-6-9-25(38)36-26(20(4)5)28(40)35-23(10-7-16-32-29(31)41)27(39)34-22-14-12-21(13-15-22)18-43-30(42)33-17-8-11-24(37)19(2)3/h12-15,19-20,23,26H,6-11,16-18H2,1-5H3,(H,33,42)(H,34,39)(H,35,40)(H,36,38)(H3,31,32,41)/t23-,26-/m0/s1. The lowest BCUT2D eigenvalue weighted by atomic mass is 10.0. The summed E-state index contributed by atoms with van der Waals surface area (Å²) in [6.07, 6.45) is 1.83. The minimum absolute atomic E-state index is 0.0108. The average molecular weight is 605 g/mol. The van der Waals surface area contributed by atoms with Crippen molar-refractivity contribution in [3.63, 3.8) is 0 Å². The molecular formula is C30H48N6O7. The molecule has 0 saturated carbocycles. The number of alkyl carbamates (subject to hydrolysis) is 1. The van der Waals surface area contributed by atoms with Crippen LogP contribution in [0.3, 0.4) is 0 Å². The van der Waals surface area contributed by atoms with E-state index in [-0.39, 0.29) is 49.5 Å². The van der Waals surface area contributed by atoms with E-state index in [4.69, 9.17) is 10.5 Å². The van der Waals surface area contributed by atoms with Gasteiger partial charge in [0.15, 0.2) is 0 Å². The van der Waals surface area contributed by atoms with E-state index < -0.39 is 36.0 Å². The van der Waals surface area contributed by atoms with Crippen molar-refractivity contribution in [2.75, 3.05) is 18.4 Å². The van der Waals surface area contributed by atoms with Crippen LogP contribution in [0, 0.1) is 11.8 Å². The van der Waals surface area contributed by atoms with E-state index in [9.17, 15) is 28.8 Å². The Bertz CT molecular complexity index is 1080. The predicted octanol–water partition coefficient (Wildman–Crippen LogP) is 2.73. The summed E-state index contributed by atoms with van der Waals surface area (Å²) in [5, 5.41) is 13.3. The topological polar surface area (TPSA) is 198 Å². The molecule has 7 N–H and O–H groups in total. The number of carbonyl (C=O) groups excluding carboxylic acids is 6. The van der Waals surface area contributed by atoms with Crippen LogP contribution in [0.4, 0.5) is 15.3 Å². The van der Waals surface area contributed by atoms with Gasteiger partial charge in [0.05, 0.1) is 0 Å². The molecule has 0 aliphatic carbocycles. The molecule has 0 spiro atoms. The molecule has 0 bridgehead atoms. The first-order chi connectivity index (χ1) is 20.3. The maximum atomic E-state index is 13.2. The third kappa shape index (κ3) is 15.6. The lowest BCUT2D eigenvalue weighted by Crippen LogP contribution is -2.54. The third-order valence-corrected chi connectivity index (χ3v) is 6.45. The molecule has 13 nitrogen and oxygen atoms in total. The molecule has 0 saturated heterocycles. The first-order valence-electron chi connectivity index (χ1n) is 14.8. The molecule has 0 radical (unpaired) electrons. The van der Waals surface area contributed by atoms with Crippen molar-refractivity contribution < 1.29 is 33.5 Å². The minimum Gasteiger partial charge on any atom is -0.445 e. The number of hydrogen-bond acceptors (Lipinski definition) is 7. The lowest BCUT2D eigenvalue weighted by Gasteiger charge is -2.25. The van der Waals surface area contributed by atoms with Crippen molar-refractivity contribution >= 4 is 41.3 Å². The summed E-state index contributed by atoms with van der Waals surface area (Å²) in [6, 6.07) is 4.19. The maximum Gasteiger partial charge on any atom is 0.407 e. The highest BCUT2D eigenvalue weighted by Gasteiger charge is 2.28. The van der Waals surface area contributed by atoms with Crippen LogP contribution in [-0.4, -0.2) is 60.8 Å². The van der Waals surface area contributed by atoms with E-state index in [2.05, 4.69) is 26.6 Å². The highest BCUT2D eigenvalue weighted by Crippen LogP contribution is 2.13. The zero-order valence-corrected chi connectivity index (χ0v) is 25.9. The van der Waals surface area contributed by atoms with Gasteiger partial charge in [0.2, 0.25) is 17.7 Å². The Hall–Kier alpha value is -4.16. The summed E-state index contributed by atoms with van der Waals surface area (Å²) in [7, 11) is 0. The van der Waals surface area contributed by atoms with Crippen molar-refractivity contribution in [2.45, 2.75) is 91.8 Å². The van der Waals surface area contributed by atoms with Gasteiger partial charge in [0.25, 0.3) is 0 Å². The van der Waals surface area contributed by atoms with E-state index >= 15 is 0 Å². The van der Waals surface area contributed by atoms with Crippen molar-refractivity contribution in [1.82, 2.24) is 21.3 Å². The number of ether oxygens (including phenoxy) is 1. The molecular weight excluding hydrogens is 556 g/mol. The first kappa shape index (κ1) is 36.9. The lowest BCUT2D eigenvalue weighted by molar-refractivity contribution is -0.132. The summed E-state index contributed by atoms with van der Waals surface area (Å²) < 4.78 is 5.20. The second-order valence-corrected chi connectivity index (χ2v) is 10.9. The normalized spacial score (nSPS) is 12.2. The summed E-state index contributed by atoms with van der Waals surface area (Å²) in [4.78, 5) is 73.0. The fourth-order valence-corrected chi connectivity index (χ4v) is 3.91. The van der Waals surface area contributed by atoms with Gasteiger partial charge >= 0.3 is 12.1 Å². The molecule has 0 aromatic heterocycles. The largest absolute Gasteiger partial charge is 0.445 e. The van der Waals surface area contributed by atoms with Gasteiger partial charge in [-0.15, -0.1) is 0 Å². The number of nitrogens with two attached hydrogens (primary N) is 1. The van der Waals surface area contributed by atoms with Gasteiger partial charge in [-0.3, -0.25) is 19.2 Å². The zero-order valence-electron chi connectivity index (χ0n) is 25.9. The second-order valence-electron chi connectivity index (χ2n) is 10.9. The fourth-order valence-electron chi connectivity index (χ4n) is 3.91. The fraction of sp³-hybridized carbons (Fsp3) is 0.600. The van der Waals surface area contributed by atoms with Crippen LogP contribution in [0.5, 0.6) is 0 Å². The molecule has 0 aliphatic rings. The van der Waals surface area contributed by atoms with E-state index in [0.717, 1.165) is 0 Å². The van der Waals surface area contributed by atoms with Gasteiger partial charge in [-0.05, 0) is 49.3 Å². The summed E-state index contributed by atoms with van der Waals surface area (Å²) in [5.41, 5.74) is 6.26. The van der Waals surface area contributed by atoms with Crippen molar-refractivity contribution in [3.8, 4) is 0 Å². The van der Waals surface area contributed by atoms with Crippen LogP contribution < -0.4 is 32.3 Å². The number of rotatable bonds is 19. The van der Waals surface area contributed by atoms with Crippen molar-refractivity contribution in [1.29, 1.82) is 0 Å². The van der Waals surface area contributed by atoms with Crippen LogP contribution in [0.15, 0.2) is 24.3 Å². The van der Waals surface area contributed by atoms with E-state index in [1.807, 2.05) is 20.8 Å². The van der Waals surface area contributed by atoms with Crippen LogP contribution >= 0.6 is 0 Å². The van der Waals surface area contributed by atoms with Crippen LogP contribution in [-0.2, 0) is 30.5 Å². The number of hydrogen-bond donors (Lipinski definition) is 6. The maximum absolute atomic E-state index is 13.2. The van der Waals surface area contributed by atoms with Crippen molar-refractivity contribution in [2.24, 2.45) is 17.6 Å². The Morgan fingerprint density at radius 3 is 2.07 bits per heavy atom. The van der Waals surface area contributed by atoms with Gasteiger partial charge in [-0.1, -0.05) is 46.8 Å². The quantitative estimate of drug-likeness (QED) is 0.130. The predicted molar refractivity (Wildman–Crippen MR) is 163 cm³/mol. The molecule has 0 aliphatic heterocycles. The molecule has 6 amide bonds. The summed E-state index contributed by atoms with van der Waals surface area (Å²) in [6.45, 7) is 9.70. The Balaban J connectivity index is 2.74. The van der Waals surface area contributed by atoms with Gasteiger partial charge in [0, 0.05) is 37.5 Å². The first-order valence-corrected chi connectivity index (χ1v) is 14.8. The molecule has 240 valence electrons. The smallest absolute Gasteiger partial charge is 0.407 e. The number of amides is 6. The highest BCUT2D eigenvalue weighted by atomic mass is 16.5. The van der Waals surface area contributed by atoms with Gasteiger partial charge in [-0.2, -0.15) is 0 Å². The van der Waals surface area contributed by atoms with E-state index in [1.54, 1.807) is 38.1 Å². The highest BCUT2D eigenvalue weighted by molar-refractivity contribution is 5.98. The Kier molecular flexibility index (Phi) is 17.0. The average Bonchev–Trinajstić information content (AvgIpc) is 2.94. The Morgan fingerprint density at radius 1 is 0.837 bits per heavy atom. The molecule has 1 rings (SSSR count). The summed E-state index contributed by atoms with van der Waals surface area (Å²) in [5.74, 6) is -1.31. The van der Waals surface area contributed by atoms with Crippen LogP contribution in [0.25, 0.3) is 0 Å². The minimum atomic E-state index is -0.950. The Labute approximate surface area is 253 Å². The molecule has 2 atom stereocenters. The van der Waals surface area contributed by atoms with E-state index in [0.29, 0.717) is 43.5 Å². The molecule has 1 aromatic carbocycles. The molecule has 0 fully saturated rings. The Morgan fingerprint density at radius 2 is 1.49 bits per heavy atom. The third-order valence-electron chi connectivity index (χ3n) is 6.45. The molecule has 13 heteroatoms. The number of carbonyl (C=O) groups is 6. The molecule has 43 heavy (non-hydrogen) atoms. The number of primary amides is 1. The monoisotopic (exact) mass is 604 g/mol. The van der Waals surface area contributed by atoms with Crippen LogP contribution in [0.1, 0.15) is 78.7 Å². The van der Waals surface area contributed by atoms with Gasteiger partial charge in [-0.25, -0.2) is 9.59 Å². The number of anilines is 1. The number of ketones is 1. The number of urea groups is 1. The zero-order chi connectivity index (χ0) is 32.4. The SMILES string of the molecule is CCCC(=O)N[C@H](C(=O)N[C@@H](CCCNC(N)=O)C(=O)Nc1ccc(COC(=O)NCCCC(=O)C(C)C)cc1)C(C)C. The van der Waals surface area contributed by atoms with Gasteiger partial charge < -0.3 is 37.1 Å². The van der Waals surface area contributed by atoms with E-state index in [1.165, 1.54) is 0 Å².